The van der Waals surface area contributed by atoms with Crippen molar-refractivity contribution in [3.63, 3.8) is 0 Å². The average molecular weight is 510 g/mol. The zero-order valence-electron chi connectivity index (χ0n) is 21.4. The van der Waals surface area contributed by atoms with Crippen molar-refractivity contribution in [1.82, 2.24) is 9.97 Å². The lowest BCUT2D eigenvalue weighted by Crippen LogP contribution is -2.18. The first-order chi connectivity index (χ1) is 18.1. The van der Waals surface area contributed by atoms with E-state index in [2.05, 4.69) is 31.4 Å². The standard InChI is InChI=1S/C28H27N7O3/c1-17-5-6-21(34-26(36)19-8-9-32-24(12-19)28(2,3)16-30)14-22(17)23(31)11-20(15-29)18-7-10-33-25(13-18)35-27(37)38-4/h5-15,29,31H,1-4H3,(H,34,36)(H,33,35,37)/b20-11+,29-15?,31-23?. The summed E-state index contributed by atoms with van der Waals surface area (Å²) in [6, 6.07) is 13.8. The number of hydrogen-bond donors (Lipinski definition) is 4. The van der Waals surface area contributed by atoms with E-state index in [4.69, 9.17) is 10.8 Å². The Hall–Kier alpha value is -5.17. The first-order valence-electron chi connectivity index (χ1n) is 11.5. The molecule has 3 aromatic rings. The number of amides is 2. The fourth-order valence-corrected chi connectivity index (χ4v) is 3.44. The maximum atomic E-state index is 12.9. The van der Waals surface area contributed by atoms with Crippen molar-refractivity contribution in [2.24, 2.45) is 0 Å². The topological polar surface area (TPSA) is 165 Å². The molecule has 192 valence electrons. The van der Waals surface area contributed by atoms with Crippen molar-refractivity contribution < 1.29 is 14.3 Å². The largest absolute Gasteiger partial charge is 0.453 e. The van der Waals surface area contributed by atoms with Crippen LogP contribution in [0.2, 0.25) is 0 Å². The lowest BCUT2D eigenvalue weighted by atomic mass is 9.90. The number of ether oxygens (including phenoxy) is 1. The minimum Gasteiger partial charge on any atom is -0.453 e. The lowest BCUT2D eigenvalue weighted by Gasteiger charge is -2.15. The van der Waals surface area contributed by atoms with Crippen molar-refractivity contribution in [1.29, 1.82) is 16.1 Å². The maximum Gasteiger partial charge on any atom is 0.412 e. The van der Waals surface area contributed by atoms with Crippen LogP contribution in [0.4, 0.5) is 16.3 Å². The molecule has 0 saturated carbocycles. The molecule has 0 aliphatic carbocycles. The predicted molar refractivity (Wildman–Crippen MR) is 146 cm³/mol. The van der Waals surface area contributed by atoms with E-state index >= 15 is 0 Å². The van der Waals surface area contributed by atoms with Crippen LogP contribution in [-0.4, -0.2) is 41.0 Å². The summed E-state index contributed by atoms with van der Waals surface area (Å²) in [5, 5.41) is 31.2. The first kappa shape index (κ1) is 27.4. The number of rotatable bonds is 8. The van der Waals surface area contributed by atoms with Gasteiger partial charge in [0.1, 0.15) is 5.82 Å². The molecular formula is C28H27N7O3. The quantitative estimate of drug-likeness (QED) is 0.308. The third kappa shape index (κ3) is 6.53. The predicted octanol–water partition coefficient (Wildman–Crippen LogP) is 5.12. The molecule has 0 spiro atoms. The van der Waals surface area contributed by atoms with Gasteiger partial charge in [-0.1, -0.05) is 6.07 Å². The van der Waals surface area contributed by atoms with Crippen LogP contribution in [0, 0.1) is 29.1 Å². The van der Waals surface area contributed by atoms with Gasteiger partial charge in [-0.2, -0.15) is 5.26 Å². The molecule has 38 heavy (non-hydrogen) atoms. The molecule has 4 N–H and O–H groups in total. The summed E-state index contributed by atoms with van der Waals surface area (Å²) in [5.74, 6) is -0.131. The van der Waals surface area contributed by atoms with Gasteiger partial charge in [0.15, 0.2) is 0 Å². The highest BCUT2D eigenvalue weighted by atomic mass is 16.5. The molecule has 0 bridgehead atoms. The van der Waals surface area contributed by atoms with E-state index in [1.165, 1.54) is 25.6 Å². The highest BCUT2D eigenvalue weighted by molar-refractivity contribution is 6.20. The van der Waals surface area contributed by atoms with Gasteiger partial charge in [0.25, 0.3) is 5.91 Å². The van der Waals surface area contributed by atoms with Crippen LogP contribution in [0.5, 0.6) is 0 Å². The maximum absolute atomic E-state index is 12.9. The lowest BCUT2D eigenvalue weighted by molar-refractivity contribution is 0.102. The van der Waals surface area contributed by atoms with Gasteiger partial charge in [0.2, 0.25) is 0 Å². The second-order valence-corrected chi connectivity index (χ2v) is 8.85. The van der Waals surface area contributed by atoms with Gasteiger partial charge in [-0.25, -0.2) is 9.78 Å². The monoisotopic (exact) mass is 509 g/mol. The molecule has 10 heteroatoms. The molecular weight excluding hydrogens is 482 g/mol. The summed E-state index contributed by atoms with van der Waals surface area (Å²) >= 11 is 0. The molecule has 1 aromatic carbocycles. The Labute approximate surface area is 220 Å². The van der Waals surface area contributed by atoms with Gasteiger partial charge < -0.3 is 20.9 Å². The Morgan fingerprint density at radius 3 is 2.45 bits per heavy atom. The van der Waals surface area contributed by atoms with Crippen LogP contribution in [0.3, 0.4) is 0 Å². The normalized spacial score (nSPS) is 11.2. The molecule has 2 amide bonds. The minimum absolute atomic E-state index is 0.123. The molecule has 2 aromatic heterocycles. The summed E-state index contributed by atoms with van der Waals surface area (Å²) in [7, 11) is 1.24. The fraction of sp³-hybridized carbons (Fsp3) is 0.179. The molecule has 10 nitrogen and oxygen atoms in total. The average Bonchev–Trinajstić information content (AvgIpc) is 2.92. The van der Waals surface area contributed by atoms with Crippen LogP contribution < -0.4 is 10.6 Å². The van der Waals surface area contributed by atoms with E-state index in [1.54, 1.807) is 56.3 Å². The summed E-state index contributed by atoms with van der Waals surface area (Å²) in [6.07, 6.45) is 4.93. The molecule has 3 rings (SSSR count). The number of hydrogen-bond acceptors (Lipinski definition) is 8. The number of nitriles is 1. The number of carbonyl (C=O) groups excluding carboxylic acids is 2. The highest BCUT2D eigenvalue weighted by Crippen LogP contribution is 2.23. The molecule has 0 radical (unpaired) electrons. The Bertz CT molecular complexity index is 1490. The van der Waals surface area contributed by atoms with E-state index in [1.807, 2.05) is 6.92 Å². The van der Waals surface area contributed by atoms with Gasteiger partial charge in [-0.3, -0.25) is 15.1 Å². The molecule has 0 aliphatic heterocycles. The summed E-state index contributed by atoms with van der Waals surface area (Å²) in [4.78, 5) is 32.7. The molecule has 0 aliphatic rings. The SMILES string of the molecule is COC(=O)Nc1cc(/C(C=N)=C/C(=N)c2cc(NC(=O)c3ccnc(C(C)(C)C#N)c3)ccc2C)ccn1. The Balaban J connectivity index is 1.86. The smallest absolute Gasteiger partial charge is 0.412 e. The zero-order chi connectivity index (χ0) is 27.9. The number of carbonyl (C=O) groups is 2. The van der Waals surface area contributed by atoms with E-state index in [9.17, 15) is 14.9 Å². The Morgan fingerprint density at radius 1 is 1.05 bits per heavy atom. The molecule has 0 atom stereocenters. The van der Waals surface area contributed by atoms with Gasteiger partial charge in [0.05, 0.1) is 30.0 Å². The van der Waals surface area contributed by atoms with Crippen molar-refractivity contribution >= 4 is 41.0 Å². The van der Waals surface area contributed by atoms with Crippen molar-refractivity contribution in [2.75, 3.05) is 17.7 Å². The number of allylic oxidation sites excluding steroid dienone is 2. The number of nitrogens with one attached hydrogen (secondary N) is 4. The van der Waals surface area contributed by atoms with Crippen molar-refractivity contribution in [3.8, 4) is 6.07 Å². The summed E-state index contributed by atoms with van der Waals surface area (Å²) in [6.45, 7) is 5.30. The van der Waals surface area contributed by atoms with Crippen LogP contribution in [0.1, 0.15) is 46.6 Å². The molecule has 2 heterocycles. The second-order valence-electron chi connectivity index (χ2n) is 8.85. The number of methoxy groups -OCH3 is 1. The second kappa shape index (κ2) is 11.7. The summed E-state index contributed by atoms with van der Waals surface area (Å²) in [5.41, 5.74) is 2.97. The van der Waals surface area contributed by atoms with Crippen molar-refractivity contribution in [2.45, 2.75) is 26.2 Å². The Morgan fingerprint density at radius 2 is 1.76 bits per heavy atom. The van der Waals surface area contributed by atoms with Gasteiger partial charge >= 0.3 is 6.09 Å². The third-order valence-corrected chi connectivity index (χ3v) is 5.69. The van der Waals surface area contributed by atoms with Crippen LogP contribution in [0.15, 0.2) is 60.9 Å². The number of aryl methyl sites for hydroxylation is 1. The molecule has 0 saturated heterocycles. The molecule has 0 fully saturated rings. The van der Waals surface area contributed by atoms with E-state index in [0.717, 1.165) is 11.8 Å². The number of benzene rings is 1. The van der Waals surface area contributed by atoms with Crippen LogP contribution >= 0.6 is 0 Å². The van der Waals surface area contributed by atoms with E-state index < -0.39 is 11.5 Å². The zero-order valence-corrected chi connectivity index (χ0v) is 21.4. The number of nitrogens with zero attached hydrogens (tertiary/aromatic N) is 3. The fourth-order valence-electron chi connectivity index (χ4n) is 3.44. The van der Waals surface area contributed by atoms with Crippen LogP contribution in [0.25, 0.3) is 5.57 Å². The van der Waals surface area contributed by atoms with Gasteiger partial charge in [-0.05, 0) is 74.4 Å². The highest BCUT2D eigenvalue weighted by Gasteiger charge is 2.22. The first-order valence-corrected chi connectivity index (χ1v) is 11.5. The van der Waals surface area contributed by atoms with Gasteiger partial charge in [-0.15, -0.1) is 0 Å². The van der Waals surface area contributed by atoms with E-state index in [-0.39, 0.29) is 17.4 Å². The number of aromatic nitrogens is 2. The summed E-state index contributed by atoms with van der Waals surface area (Å²) < 4.78 is 4.58. The van der Waals surface area contributed by atoms with E-state index in [0.29, 0.717) is 33.6 Å². The minimum atomic E-state index is -0.841. The Kier molecular flexibility index (Phi) is 8.45. The molecule has 0 unspecified atom stereocenters. The van der Waals surface area contributed by atoms with Crippen LogP contribution in [-0.2, 0) is 10.2 Å². The van der Waals surface area contributed by atoms with Gasteiger partial charge in [0, 0.05) is 41.0 Å². The number of anilines is 2. The van der Waals surface area contributed by atoms with Crippen molar-refractivity contribution in [3.05, 3.63) is 88.9 Å². The third-order valence-electron chi connectivity index (χ3n) is 5.69. The number of pyridine rings is 2.